The van der Waals surface area contributed by atoms with Crippen molar-refractivity contribution in [2.24, 2.45) is 11.3 Å². The summed E-state index contributed by atoms with van der Waals surface area (Å²) in [7, 11) is 0. The topological polar surface area (TPSA) is 12.0 Å². The molecule has 0 saturated heterocycles. The SMILES string of the molecule is CCCC(NC1CC(C)(C)CC1C)c1ccccc1. The molecule has 1 aromatic rings. The van der Waals surface area contributed by atoms with Gasteiger partial charge in [0.05, 0.1) is 0 Å². The van der Waals surface area contributed by atoms with E-state index < -0.39 is 0 Å². The van der Waals surface area contributed by atoms with Gasteiger partial charge < -0.3 is 5.32 Å². The first kappa shape index (κ1) is 14.6. The van der Waals surface area contributed by atoms with Crippen LogP contribution in [0.5, 0.6) is 0 Å². The van der Waals surface area contributed by atoms with Gasteiger partial charge in [-0.05, 0) is 36.2 Å². The Morgan fingerprint density at radius 3 is 2.42 bits per heavy atom. The molecule has 3 unspecified atom stereocenters. The van der Waals surface area contributed by atoms with Crippen molar-refractivity contribution in [1.82, 2.24) is 5.32 Å². The molecule has 1 aliphatic carbocycles. The van der Waals surface area contributed by atoms with Crippen LogP contribution in [0.25, 0.3) is 0 Å². The first-order chi connectivity index (χ1) is 9.02. The normalized spacial score (nSPS) is 27.4. The second-order valence-electron chi connectivity index (χ2n) is 7.07. The first-order valence-electron chi connectivity index (χ1n) is 7.83. The van der Waals surface area contributed by atoms with E-state index in [0.29, 0.717) is 17.5 Å². The molecular weight excluding hydrogens is 230 g/mol. The molecular formula is C18H29N. The van der Waals surface area contributed by atoms with Crippen LogP contribution in [0.2, 0.25) is 0 Å². The third kappa shape index (κ3) is 3.82. The van der Waals surface area contributed by atoms with E-state index in [1.165, 1.54) is 31.2 Å². The average molecular weight is 259 g/mol. The van der Waals surface area contributed by atoms with Gasteiger partial charge in [0.25, 0.3) is 0 Å². The van der Waals surface area contributed by atoms with Crippen LogP contribution in [-0.2, 0) is 0 Å². The third-order valence-corrected chi connectivity index (χ3v) is 4.53. The standard InChI is InChI=1S/C18H29N/c1-5-9-16(15-10-7-6-8-11-15)19-17-13-18(3,4)12-14(17)2/h6-8,10-11,14,16-17,19H,5,9,12-13H2,1-4H3. The van der Waals surface area contributed by atoms with E-state index in [2.05, 4.69) is 63.3 Å². The highest BCUT2D eigenvalue weighted by atomic mass is 15.0. The van der Waals surface area contributed by atoms with Crippen molar-refractivity contribution in [3.05, 3.63) is 35.9 Å². The summed E-state index contributed by atoms with van der Waals surface area (Å²) >= 11 is 0. The molecule has 1 nitrogen and oxygen atoms in total. The van der Waals surface area contributed by atoms with E-state index in [9.17, 15) is 0 Å². The summed E-state index contributed by atoms with van der Waals surface area (Å²) in [6.45, 7) is 9.49. The molecule has 19 heavy (non-hydrogen) atoms. The minimum atomic E-state index is 0.504. The lowest BCUT2D eigenvalue weighted by Crippen LogP contribution is -2.35. The highest BCUT2D eigenvalue weighted by Gasteiger charge is 2.37. The summed E-state index contributed by atoms with van der Waals surface area (Å²) < 4.78 is 0. The van der Waals surface area contributed by atoms with Crippen molar-refractivity contribution in [3.63, 3.8) is 0 Å². The number of nitrogens with one attached hydrogen (secondary N) is 1. The van der Waals surface area contributed by atoms with Gasteiger partial charge in [0, 0.05) is 12.1 Å². The van der Waals surface area contributed by atoms with Crippen LogP contribution < -0.4 is 5.32 Å². The predicted octanol–water partition coefficient (Wildman–Crippen LogP) is 4.94. The summed E-state index contributed by atoms with van der Waals surface area (Å²) in [5, 5.41) is 3.94. The highest BCUT2D eigenvalue weighted by molar-refractivity contribution is 5.19. The van der Waals surface area contributed by atoms with Crippen LogP contribution in [-0.4, -0.2) is 6.04 Å². The Balaban J connectivity index is 2.05. The summed E-state index contributed by atoms with van der Waals surface area (Å²) in [6, 6.07) is 12.1. The van der Waals surface area contributed by atoms with Gasteiger partial charge in [0.1, 0.15) is 0 Å². The van der Waals surface area contributed by atoms with Crippen LogP contribution in [0.15, 0.2) is 30.3 Å². The summed E-state index contributed by atoms with van der Waals surface area (Å²) in [5.41, 5.74) is 1.95. The van der Waals surface area contributed by atoms with Gasteiger partial charge in [-0.2, -0.15) is 0 Å². The van der Waals surface area contributed by atoms with E-state index in [4.69, 9.17) is 0 Å². The van der Waals surface area contributed by atoms with Crippen LogP contribution in [0, 0.1) is 11.3 Å². The third-order valence-electron chi connectivity index (χ3n) is 4.53. The molecule has 1 aromatic carbocycles. The molecule has 2 rings (SSSR count). The molecule has 1 heteroatoms. The Hall–Kier alpha value is -0.820. The maximum absolute atomic E-state index is 3.94. The fraction of sp³-hybridized carbons (Fsp3) is 0.667. The van der Waals surface area contributed by atoms with E-state index in [0.717, 1.165) is 5.92 Å². The Bertz CT molecular complexity index is 382. The number of hydrogen-bond acceptors (Lipinski definition) is 1. The highest BCUT2D eigenvalue weighted by Crippen LogP contribution is 2.41. The van der Waals surface area contributed by atoms with Crippen molar-refractivity contribution in [2.75, 3.05) is 0 Å². The van der Waals surface area contributed by atoms with Crippen molar-refractivity contribution in [1.29, 1.82) is 0 Å². The second kappa shape index (κ2) is 6.09. The Morgan fingerprint density at radius 1 is 1.21 bits per heavy atom. The monoisotopic (exact) mass is 259 g/mol. The predicted molar refractivity (Wildman–Crippen MR) is 83.2 cm³/mol. The molecule has 0 radical (unpaired) electrons. The van der Waals surface area contributed by atoms with Gasteiger partial charge >= 0.3 is 0 Å². The zero-order chi connectivity index (χ0) is 13.9. The van der Waals surface area contributed by atoms with Crippen LogP contribution in [0.4, 0.5) is 0 Å². The van der Waals surface area contributed by atoms with Crippen molar-refractivity contribution in [2.45, 2.75) is 65.5 Å². The lowest BCUT2D eigenvalue weighted by molar-refractivity contribution is 0.345. The fourth-order valence-electron chi connectivity index (χ4n) is 3.70. The quantitative estimate of drug-likeness (QED) is 0.789. The zero-order valence-electron chi connectivity index (χ0n) is 12.9. The molecule has 1 aliphatic rings. The molecule has 0 heterocycles. The van der Waals surface area contributed by atoms with Gasteiger partial charge in [0.15, 0.2) is 0 Å². The average Bonchev–Trinajstić information content (AvgIpc) is 2.63. The van der Waals surface area contributed by atoms with Crippen LogP contribution in [0.1, 0.15) is 65.0 Å². The molecule has 0 aliphatic heterocycles. The van der Waals surface area contributed by atoms with Gasteiger partial charge in [0.2, 0.25) is 0 Å². The van der Waals surface area contributed by atoms with Crippen LogP contribution in [0.3, 0.4) is 0 Å². The van der Waals surface area contributed by atoms with Crippen LogP contribution >= 0.6 is 0 Å². The molecule has 0 spiro atoms. The van der Waals surface area contributed by atoms with E-state index in [1.807, 2.05) is 0 Å². The minimum absolute atomic E-state index is 0.504. The molecule has 1 fully saturated rings. The van der Waals surface area contributed by atoms with Gasteiger partial charge in [-0.3, -0.25) is 0 Å². The fourth-order valence-corrected chi connectivity index (χ4v) is 3.70. The first-order valence-corrected chi connectivity index (χ1v) is 7.83. The minimum Gasteiger partial charge on any atom is -0.307 e. The van der Waals surface area contributed by atoms with Gasteiger partial charge in [-0.1, -0.05) is 64.4 Å². The largest absolute Gasteiger partial charge is 0.307 e. The molecule has 0 bridgehead atoms. The van der Waals surface area contributed by atoms with E-state index in [-0.39, 0.29) is 0 Å². The summed E-state index contributed by atoms with van der Waals surface area (Å²) in [4.78, 5) is 0. The Labute approximate surface area is 118 Å². The van der Waals surface area contributed by atoms with Crippen molar-refractivity contribution < 1.29 is 0 Å². The Morgan fingerprint density at radius 2 is 1.89 bits per heavy atom. The maximum atomic E-state index is 3.94. The van der Waals surface area contributed by atoms with E-state index in [1.54, 1.807) is 0 Å². The van der Waals surface area contributed by atoms with Crippen molar-refractivity contribution in [3.8, 4) is 0 Å². The molecule has 0 amide bonds. The Kier molecular flexibility index (Phi) is 4.67. The molecule has 1 N–H and O–H groups in total. The number of benzene rings is 1. The van der Waals surface area contributed by atoms with E-state index >= 15 is 0 Å². The van der Waals surface area contributed by atoms with Gasteiger partial charge in [-0.15, -0.1) is 0 Å². The number of hydrogen-bond donors (Lipinski definition) is 1. The summed E-state index contributed by atoms with van der Waals surface area (Å²) in [6.07, 6.45) is 5.12. The molecule has 3 atom stereocenters. The van der Waals surface area contributed by atoms with Crippen molar-refractivity contribution >= 4 is 0 Å². The smallest absolute Gasteiger partial charge is 0.0322 e. The molecule has 0 aromatic heterocycles. The second-order valence-corrected chi connectivity index (χ2v) is 7.07. The summed E-state index contributed by atoms with van der Waals surface area (Å²) in [5.74, 6) is 0.790. The lowest BCUT2D eigenvalue weighted by Gasteiger charge is -2.26. The molecule has 106 valence electrons. The number of rotatable bonds is 5. The van der Waals surface area contributed by atoms with Gasteiger partial charge in [-0.25, -0.2) is 0 Å². The molecule has 1 saturated carbocycles. The maximum Gasteiger partial charge on any atom is 0.0322 e. The lowest BCUT2D eigenvalue weighted by atomic mass is 9.91. The zero-order valence-corrected chi connectivity index (χ0v) is 12.9.